The smallest absolute Gasteiger partial charge is 0.0968 e. The van der Waals surface area contributed by atoms with Crippen LogP contribution in [0.25, 0.3) is 11.3 Å². The summed E-state index contributed by atoms with van der Waals surface area (Å²) in [6.07, 6.45) is 6.51. The number of aliphatic hydroxyl groups is 1. The van der Waals surface area contributed by atoms with E-state index in [1.54, 1.807) is 0 Å². The average molecular weight is 338 g/mol. The van der Waals surface area contributed by atoms with E-state index in [0.717, 1.165) is 49.0 Å². The maximum Gasteiger partial charge on any atom is 0.0968 e. The molecule has 0 amide bonds. The first-order valence-corrected chi connectivity index (χ1v) is 8.99. The fraction of sp³-hybridized carbons (Fsp3) is 0.500. The third-order valence-corrected chi connectivity index (χ3v) is 4.88. The van der Waals surface area contributed by atoms with Crippen molar-refractivity contribution in [3.05, 3.63) is 42.1 Å². The molecule has 1 aliphatic carbocycles. The molecular formula is C20H26N4O. The summed E-state index contributed by atoms with van der Waals surface area (Å²) in [5, 5.41) is 24.2. The molecule has 1 saturated carbocycles. The fourth-order valence-corrected chi connectivity index (χ4v) is 3.74. The third-order valence-electron chi connectivity index (χ3n) is 4.88. The van der Waals surface area contributed by atoms with Crippen LogP contribution in [-0.2, 0) is 13.1 Å². The van der Waals surface area contributed by atoms with Gasteiger partial charge in [0.15, 0.2) is 0 Å². The number of aromatic nitrogens is 2. The van der Waals surface area contributed by atoms with Gasteiger partial charge in [0, 0.05) is 30.4 Å². The highest BCUT2D eigenvalue weighted by atomic mass is 16.3. The molecular weight excluding hydrogens is 312 g/mol. The van der Waals surface area contributed by atoms with E-state index >= 15 is 0 Å². The number of likely N-dealkylation sites (N-methyl/N-ethyl adjacent to an activating group) is 1. The predicted octanol–water partition coefficient (Wildman–Crippen LogP) is 3.20. The minimum Gasteiger partial charge on any atom is -0.389 e. The van der Waals surface area contributed by atoms with E-state index in [1.165, 1.54) is 0 Å². The molecule has 0 unspecified atom stereocenters. The van der Waals surface area contributed by atoms with Crippen LogP contribution in [0.3, 0.4) is 0 Å². The van der Waals surface area contributed by atoms with Gasteiger partial charge >= 0.3 is 0 Å². The summed E-state index contributed by atoms with van der Waals surface area (Å²) >= 11 is 0. The second-order valence-corrected chi connectivity index (χ2v) is 7.14. The number of hydrogen-bond donors (Lipinski definition) is 1. The van der Waals surface area contributed by atoms with Gasteiger partial charge in [-0.25, -0.2) is 0 Å². The van der Waals surface area contributed by atoms with E-state index in [4.69, 9.17) is 10.4 Å². The summed E-state index contributed by atoms with van der Waals surface area (Å²) in [5.41, 5.74) is 2.64. The SMILES string of the molecule is CN(Cc1cn(CCC#N)nc1-c1ccccc1)CC1(O)CCCC1. The quantitative estimate of drug-likeness (QED) is 0.842. The number of aryl methyl sites for hydroxylation is 1. The van der Waals surface area contributed by atoms with Crippen LogP contribution in [0, 0.1) is 11.3 Å². The minimum atomic E-state index is -0.543. The van der Waals surface area contributed by atoms with Crippen molar-refractivity contribution >= 4 is 0 Å². The van der Waals surface area contributed by atoms with Gasteiger partial charge in [0.25, 0.3) is 0 Å². The molecule has 3 rings (SSSR count). The van der Waals surface area contributed by atoms with Gasteiger partial charge in [-0.1, -0.05) is 43.2 Å². The zero-order valence-electron chi connectivity index (χ0n) is 14.9. The van der Waals surface area contributed by atoms with Crippen molar-refractivity contribution in [2.45, 2.75) is 50.8 Å². The van der Waals surface area contributed by atoms with Gasteiger partial charge in [-0.05, 0) is 19.9 Å². The van der Waals surface area contributed by atoms with Crippen molar-refractivity contribution in [2.24, 2.45) is 0 Å². The molecule has 0 saturated heterocycles. The lowest BCUT2D eigenvalue weighted by molar-refractivity contribution is 0.0145. The maximum atomic E-state index is 10.6. The van der Waals surface area contributed by atoms with Crippen molar-refractivity contribution in [3.8, 4) is 17.3 Å². The Morgan fingerprint density at radius 3 is 2.68 bits per heavy atom. The van der Waals surface area contributed by atoms with Crippen molar-refractivity contribution < 1.29 is 5.11 Å². The highest BCUT2D eigenvalue weighted by Crippen LogP contribution is 2.31. The molecule has 0 atom stereocenters. The Morgan fingerprint density at radius 2 is 2.00 bits per heavy atom. The summed E-state index contributed by atoms with van der Waals surface area (Å²) in [7, 11) is 2.05. The molecule has 2 aromatic rings. The molecule has 0 aliphatic heterocycles. The van der Waals surface area contributed by atoms with Crippen LogP contribution in [-0.4, -0.2) is 39.0 Å². The number of hydrogen-bond acceptors (Lipinski definition) is 4. The van der Waals surface area contributed by atoms with Gasteiger partial charge in [-0.2, -0.15) is 10.4 Å². The summed E-state index contributed by atoms with van der Waals surface area (Å²) in [6.45, 7) is 2.02. The molecule has 1 heterocycles. The molecule has 1 aromatic heterocycles. The summed E-state index contributed by atoms with van der Waals surface area (Å²) in [4.78, 5) is 2.18. The van der Waals surface area contributed by atoms with Gasteiger partial charge in [0.1, 0.15) is 0 Å². The van der Waals surface area contributed by atoms with Gasteiger partial charge in [0.2, 0.25) is 0 Å². The van der Waals surface area contributed by atoms with E-state index in [0.29, 0.717) is 19.5 Å². The van der Waals surface area contributed by atoms with Crippen LogP contribution in [0.4, 0.5) is 0 Å². The van der Waals surface area contributed by atoms with Gasteiger partial charge in [-0.15, -0.1) is 0 Å². The van der Waals surface area contributed by atoms with E-state index in [9.17, 15) is 5.11 Å². The minimum absolute atomic E-state index is 0.449. The van der Waals surface area contributed by atoms with Gasteiger partial charge < -0.3 is 5.11 Å². The van der Waals surface area contributed by atoms with Crippen LogP contribution in [0.15, 0.2) is 36.5 Å². The lowest BCUT2D eigenvalue weighted by Gasteiger charge is -2.28. The maximum absolute atomic E-state index is 10.6. The van der Waals surface area contributed by atoms with E-state index in [1.807, 2.05) is 29.1 Å². The topological polar surface area (TPSA) is 65.1 Å². The lowest BCUT2D eigenvalue weighted by Crippen LogP contribution is -2.38. The summed E-state index contributed by atoms with van der Waals surface area (Å²) in [5.74, 6) is 0. The second-order valence-electron chi connectivity index (χ2n) is 7.14. The Bertz CT molecular complexity index is 726. The normalized spacial score (nSPS) is 16.2. The van der Waals surface area contributed by atoms with Crippen LogP contribution in [0.2, 0.25) is 0 Å². The molecule has 0 bridgehead atoms. The number of nitrogens with zero attached hydrogens (tertiary/aromatic N) is 4. The molecule has 25 heavy (non-hydrogen) atoms. The molecule has 0 spiro atoms. The average Bonchev–Trinajstić information content (AvgIpc) is 3.20. The highest BCUT2D eigenvalue weighted by molar-refractivity contribution is 5.62. The molecule has 132 valence electrons. The number of benzene rings is 1. The summed E-state index contributed by atoms with van der Waals surface area (Å²) < 4.78 is 1.86. The Labute approximate surface area is 149 Å². The Balaban J connectivity index is 1.78. The number of rotatable bonds is 7. The Hall–Kier alpha value is -2.16. The van der Waals surface area contributed by atoms with Crippen molar-refractivity contribution in [2.75, 3.05) is 13.6 Å². The zero-order chi connectivity index (χ0) is 17.7. The van der Waals surface area contributed by atoms with Crippen molar-refractivity contribution in [1.82, 2.24) is 14.7 Å². The fourth-order valence-electron chi connectivity index (χ4n) is 3.74. The van der Waals surface area contributed by atoms with Gasteiger partial charge in [-0.3, -0.25) is 9.58 Å². The van der Waals surface area contributed by atoms with E-state index in [-0.39, 0.29) is 0 Å². The molecule has 5 nitrogen and oxygen atoms in total. The van der Waals surface area contributed by atoms with E-state index < -0.39 is 5.60 Å². The predicted molar refractivity (Wildman–Crippen MR) is 97.6 cm³/mol. The zero-order valence-corrected chi connectivity index (χ0v) is 14.9. The Morgan fingerprint density at radius 1 is 1.28 bits per heavy atom. The monoisotopic (exact) mass is 338 g/mol. The van der Waals surface area contributed by atoms with Crippen LogP contribution < -0.4 is 0 Å². The molecule has 1 aromatic carbocycles. The van der Waals surface area contributed by atoms with E-state index in [2.05, 4.69) is 30.1 Å². The van der Waals surface area contributed by atoms with Crippen LogP contribution >= 0.6 is 0 Å². The molecule has 1 fully saturated rings. The second kappa shape index (κ2) is 7.81. The van der Waals surface area contributed by atoms with Crippen molar-refractivity contribution in [1.29, 1.82) is 5.26 Å². The standard InChI is InChI=1S/C20H26N4O/c1-23(16-20(25)10-5-6-11-20)14-18-15-24(13-7-12-21)22-19(18)17-8-3-2-4-9-17/h2-4,8-9,15,25H,5-7,10-11,13-14,16H2,1H3. The largest absolute Gasteiger partial charge is 0.389 e. The molecule has 1 N–H and O–H groups in total. The summed E-state index contributed by atoms with van der Waals surface area (Å²) in [6, 6.07) is 12.3. The Kier molecular flexibility index (Phi) is 5.52. The third kappa shape index (κ3) is 4.47. The first kappa shape index (κ1) is 17.7. The van der Waals surface area contributed by atoms with Crippen LogP contribution in [0.5, 0.6) is 0 Å². The van der Waals surface area contributed by atoms with Crippen molar-refractivity contribution in [3.63, 3.8) is 0 Å². The first-order valence-electron chi connectivity index (χ1n) is 8.99. The molecule has 1 aliphatic rings. The lowest BCUT2D eigenvalue weighted by atomic mass is 10.0. The molecule has 5 heteroatoms. The number of nitriles is 1. The molecule has 0 radical (unpaired) electrons. The highest BCUT2D eigenvalue weighted by Gasteiger charge is 2.32. The van der Waals surface area contributed by atoms with Gasteiger partial charge in [0.05, 0.1) is 30.3 Å². The first-order chi connectivity index (χ1) is 12.1. The van der Waals surface area contributed by atoms with Crippen LogP contribution in [0.1, 0.15) is 37.7 Å².